The van der Waals surface area contributed by atoms with E-state index in [0.29, 0.717) is 13.0 Å². The van der Waals surface area contributed by atoms with E-state index in [9.17, 15) is 9.59 Å². The molecule has 1 fully saturated rings. The first-order valence-corrected chi connectivity index (χ1v) is 6.73. The molecule has 0 saturated heterocycles. The van der Waals surface area contributed by atoms with Gasteiger partial charge in [-0.1, -0.05) is 25.3 Å². The van der Waals surface area contributed by atoms with Crippen LogP contribution in [0.5, 0.6) is 0 Å². The number of hydrogen-bond acceptors (Lipinski definition) is 3. The number of ether oxygens (including phenoxy) is 1. The van der Waals surface area contributed by atoms with Crippen molar-refractivity contribution in [3.05, 3.63) is 12.7 Å². The fourth-order valence-corrected chi connectivity index (χ4v) is 2.12. The molecular formula is C14H23NO3. The van der Waals surface area contributed by atoms with Crippen LogP contribution in [-0.4, -0.2) is 24.5 Å². The largest absolute Gasteiger partial charge is 0.464 e. The van der Waals surface area contributed by atoms with Gasteiger partial charge in [-0.15, -0.1) is 6.58 Å². The van der Waals surface area contributed by atoms with Crippen LogP contribution in [0.4, 0.5) is 0 Å². The second-order valence-corrected chi connectivity index (χ2v) is 4.81. The SMILES string of the molecule is C=CCCOC(=O)[C@H](C)NC(=O)C1CCCCC1. The Morgan fingerprint density at radius 2 is 2.06 bits per heavy atom. The minimum absolute atomic E-state index is 0.0112. The number of nitrogens with one attached hydrogen (secondary N) is 1. The molecule has 0 aromatic heterocycles. The summed E-state index contributed by atoms with van der Waals surface area (Å²) in [5, 5.41) is 2.74. The van der Waals surface area contributed by atoms with Gasteiger partial charge in [0.2, 0.25) is 5.91 Å². The average molecular weight is 253 g/mol. The number of hydrogen-bond donors (Lipinski definition) is 1. The molecule has 0 spiro atoms. The van der Waals surface area contributed by atoms with Crippen molar-refractivity contribution in [3.8, 4) is 0 Å². The van der Waals surface area contributed by atoms with Gasteiger partial charge in [-0.05, 0) is 26.2 Å². The van der Waals surface area contributed by atoms with Gasteiger partial charge >= 0.3 is 5.97 Å². The van der Waals surface area contributed by atoms with Gasteiger partial charge in [-0.2, -0.15) is 0 Å². The van der Waals surface area contributed by atoms with Crippen LogP contribution in [0, 0.1) is 5.92 Å². The first kappa shape index (κ1) is 14.7. The minimum atomic E-state index is -0.566. The average Bonchev–Trinajstić information content (AvgIpc) is 2.39. The molecular weight excluding hydrogens is 230 g/mol. The molecule has 0 bridgehead atoms. The molecule has 1 N–H and O–H groups in total. The summed E-state index contributed by atoms with van der Waals surface area (Å²) in [5.41, 5.74) is 0. The summed E-state index contributed by atoms with van der Waals surface area (Å²) in [4.78, 5) is 23.5. The highest BCUT2D eigenvalue weighted by Gasteiger charge is 2.24. The van der Waals surface area contributed by atoms with Gasteiger partial charge in [0, 0.05) is 5.92 Å². The third kappa shape index (κ3) is 4.90. The van der Waals surface area contributed by atoms with Crippen molar-refractivity contribution < 1.29 is 14.3 Å². The van der Waals surface area contributed by atoms with Gasteiger partial charge in [-0.25, -0.2) is 4.79 Å². The van der Waals surface area contributed by atoms with Crippen LogP contribution in [0.25, 0.3) is 0 Å². The molecule has 1 atom stereocenters. The van der Waals surface area contributed by atoms with Crippen molar-refractivity contribution in [2.45, 2.75) is 51.5 Å². The second kappa shape index (κ2) is 7.90. The van der Waals surface area contributed by atoms with Crippen LogP contribution >= 0.6 is 0 Å². The summed E-state index contributed by atoms with van der Waals surface area (Å²) in [7, 11) is 0. The Balaban J connectivity index is 2.28. The number of amides is 1. The van der Waals surface area contributed by atoms with E-state index in [2.05, 4.69) is 11.9 Å². The van der Waals surface area contributed by atoms with Crippen molar-refractivity contribution in [2.75, 3.05) is 6.61 Å². The number of carbonyl (C=O) groups is 2. The van der Waals surface area contributed by atoms with E-state index in [1.54, 1.807) is 13.0 Å². The van der Waals surface area contributed by atoms with Gasteiger partial charge in [0.1, 0.15) is 6.04 Å². The smallest absolute Gasteiger partial charge is 0.328 e. The molecule has 1 aliphatic rings. The Hall–Kier alpha value is -1.32. The lowest BCUT2D eigenvalue weighted by Gasteiger charge is -2.22. The molecule has 0 aromatic carbocycles. The van der Waals surface area contributed by atoms with Crippen molar-refractivity contribution in [3.63, 3.8) is 0 Å². The fourth-order valence-electron chi connectivity index (χ4n) is 2.12. The van der Waals surface area contributed by atoms with Gasteiger partial charge in [0.25, 0.3) is 0 Å². The van der Waals surface area contributed by atoms with E-state index in [1.165, 1.54) is 6.42 Å². The summed E-state index contributed by atoms with van der Waals surface area (Å²) >= 11 is 0. The second-order valence-electron chi connectivity index (χ2n) is 4.81. The summed E-state index contributed by atoms with van der Waals surface area (Å²) in [6.07, 6.45) is 7.62. The van der Waals surface area contributed by atoms with Crippen LogP contribution < -0.4 is 5.32 Å². The highest BCUT2D eigenvalue weighted by Crippen LogP contribution is 2.23. The maximum absolute atomic E-state index is 11.9. The summed E-state index contributed by atoms with van der Waals surface area (Å²) < 4.78 is 5.01. The van der Waals surface area contributed by atoms with E-state index in [0.717, 1.165) is 25.7 Å². The summed E-state index contributed by atoms with van der Waals surface area (Å²) in [6, 6.07) is -0.566. The third-order valence-electron chi connectivity index (χ3n) is 3.25. The molecule has 4 nitrogen and oxygen atoms in total. The van der Waals surface area contributed by atoms with Gasteiger partial charge < -0.3 is 10.1 Å². The monoisotopic (exact) mass is 253 g/mol. The van der Waals surface area contributed by atoms with Crippen LogP contribution in [0.1, 0.15) is 45.4 Å². The summed E-state index contributed by atoms with van der Waals surface area (Å²) in [6.45, 7) is 5.54. The maximum Gasteiger partial charge on any atom is 0.328 e. The van der Waals surface area contributed by atoms with Gasteiger partial charge in [0.05, 0.1) is 6.61 Å². The first-order chi connectivity index (χ1) is 8.65. The Bertz CT molecular complexity index is 295. The fraction of sp³-hybridized carbons (Fsp3) is 0.714. The zero-order valence-corrected chi connectivity index (χ0v) is 11.1. The Kier molecular flexibility index (Phi) is 6.47. The predicted octanol–water partition coefficient (Wildman–Crippen LogP) is 2.19. The van der Waals surface area contributed by atoms with Crippen molar-refractivity contribution in [1.29, 1.82) is 0 Å². The van der Waals surface area contributed by atoms with Gasteiger partial charge in [0.15, 0.2) is 0 Å². The highest BCUT2D eigenvalue weighted by molar-refractivity contribution is 5.85. The quantitative estimate of drug-likeness (QED) is 0.448. The molecule has 0 radical (unpaired) electrons. The molecule has 0 aromatic rings. The normalized spacial score (nSPS) is 17.8. The lowest BCUT2D eigenvalue weighted by molar-refractivity contribution is -0.147. The molecule has 1 saturated carbocycles. The lowest BCUT2D eigenvalue weighted by Crippen LogP contribution is -2.43. The summed E-state index contributed by atoms with van der Waals surface area (Å²) in [5.74, 6) is -0.314. The van der Waals surface area contributed by atoms with E-state index in [1.807, 2.05) is 0 Å². The van der Waals surface area contributed by atoms with Crippen LogP contribution in [0.15, 0.2) is 12.7 Å². The first-order valence-electron chi connectivity index (χ1n) is 6.73. The van der Waals surface area contributed by atoms with Crippen LogP contribution in [0.2, 0.25) is 0 Å². The third-order valence-corrected chi connectivity index (χ3v) is 3.25. The van der Waals surface area contributed by atoms with Crippen molar-refractivity contribution in [2.24, 2.45) is 5.92 Å². The van der Waals surface area contributed by atoms with Crippen molar-refractivity contribution in [1.82, 2.24) is 5.32 Å². The molecule has 1 rings (SSSR count). The molecule has 4 heteroatoms. The number of carbonyl (C=O) groups excluding carboxylic acids is 2. The Morgan fingerprint density at radius 3 is 2.67 bits per heavy atom. The molecule has 1 amide bonds. The lowest BCUT2D eigenvalue weighted by atomic mass is 9.88. The molecule has 0 aliphatic heterocycles. The minimum Gasteiger partial charge on any atom is -0.464 e. The van der Waals surface area contributed by atoms with E-state index >= 15 is 0 Å². The topological polar surface area (TPSA) is 55.4 Å². The molecule has 0 heterocycles. The number of esters is 1. The molecule has 1 aliphatic carbocycles. The maximum atomic E-state index is 11.9. The molecule has 102 valence electrons. The Morgan fingerprint density at radius 1 is 1.39 bits per heavy atom. The molecule has 18 heavy (non-hydrogen) atoms. The highest BCUT2D eigenvalue weighted by atomic mass is 16.5. The van der Waals surface area contributed by atoms with Crippen molar-refractivity contribution >= 4 is 11.9 Å². The van der Waals surface area contributed by atoms with Crippen LogP contribution in [-0.2, 0) is 14.3 Å². The van der Waals surface area contributed by atoms with Crippen LogP contribution in [0.3, 0.4) is 0 Å². The molecule has 0 unspecified atom stereocenters. The Labute approximate surface area is 109 Å². The zero-order chi connectivity index (χ0) is 13.4. The van der Waals surface area contributed by atoms with E-state index < -0.39 is 6.04 Å². The number of rotatable bonds is 6. The standard InChI is InChI=1S/C14H23NO3/c1-3-4-10-18-14(17)11(2)15-13(16)12-8-6-5-7-9-12/h3,11-12H,1,4-10H2,2H3,(H,15,16)/t11-/m0/s1. The predicted molar refractivity (Wildman–Crippen MR) is 70.0 cm³/mol. The zero-order valence-electron chi connectivity index (χ0n) is 11.1. The van der Waals surface area contributed by atoms with Gasteiger partial charge in [-0.3, -0.25) is 4.79 Å². The van der Waals surface area contributed by atoms with E-state index in [4.69, 9.17) is 4.74 Å². The van der Waals surface area contributed by atoms with E-state index in [-0.39, 0.29) is 17.8 Å².